The van der Waals surface area contributed by atoms with Crippen LogP contribution in [0.4, 0.5) is 5.69 Å². The van der Waals surface area contributed by atoms with E-state index < -0.39 is 0 Å². The third-order valence-electron chi connectivity index (χ3n) is 2.55. The third-order valence-corrected chi connectivity index (χ3v) is 2.55. The Kier molecular flexibility index (Phi) is 3.21. The molecule has 1 fully saturated rings. The molecule has 0 aromatic heterocycles. The molecule has 3 nitrogen and oxygen atoms in total. The Morgan fingerprint density at radius 3 is 3.20 bits per heavy atom. The highest BCUT2D eigenvalue weighted by Gasteiger charge is 2.14. The number of nitrogens with zero attached hydrogens (tertiary/aromatic N) is 1. The molecule has 1 aromatic carbocycles. The summed E-state index contributed by atoms with van der Waals surface area (Å²) in [4.78, 5) is 0. The van der Waals surface area contributed by atoms with Gasteiger partial charge in [-0.2, -0.15) is 5.26 Å². The first kappa shape index (κ1) is 10.0. The van der Waals surface area contributed by atoms with E-state index in [4.69, 9.17) is 10.00 Å². The summed E-state index contributed by atoms with van der Waals surface area (Å²) in [5, 5.41) is 12.0. The van der Waals surface area contributed by atoms with Gasteiger partial charge < -0.3 is 10.1 Å². The fraction of sp³-hybridized carbons (Fsp3) is 0.417. The molecular formula is C12H14N2O. The molecule has 0 radical (unpaired) electrons. The van der Waals surface area contributed by atoms with Gasteiger partial charge in [0.15, 0.2) is 0 Å². The van der Waals surface area contributed by atoms with Gasteiger partial charge in [-0.15, -0.1) is 0 Å². The smallest absolute Gasteiger partial charge is 0.0992 e. The van der Waals surface area contributed by atoms with E-state index in [2.05, 4.69) is 11.4 Å². The molecule has 1 N–H and O–H groups in total. The topological polar surface area (TPSA) is 45.0 Å². The summed E-state index contributed by atoms with van der Waals surface area (Å²) >= 11 is 0. The van der Waals surface area contributed by atoms with Crippen molar-refractivity contribution in [3.8, 4) is 6.07 Å². The summed E-state index contributed by atoms with van der Waals surface area (Å²) in [6, 6.07) is 9.64. The quantitative estimate of drug-likeness (QED) is 0.816. The maximum atomic E-state index is 8.74. The van der Waals surface area contributed by atoms with Crippen molar-refractivity contribution in [1.82, 2.24) is 0 Å². The highest BCUT2D eigenvalue weighted by atomic mass is 16.5. The molecule has 1 heterocycles. The molecule has 78 valence electrons. The van der Waals surface area contributed by atoms with Crippen LogP contribution in [0.1, 0.15) is 18.4 Å². The minimum Gasteiger partial charge on any atom is -0.382 e. The maximum absolute atomic E-state index is 8.74. The molecule has 0 spiro atoms. The van der Waals surface area contributed by atoms with E-state index in [1.54, 1.807) is 6.07 Å². The van der Waals surface area contributed by atoms with E-state index in [0.717, 1.165) is 31.7 Å². The minimum atomic E-state index is 0.329. The average molecular weight is 202 g/mol. The van der Waals surface area contributed by atoms with Gasteiger partial charge in [-0.25, -0.2) is 0 Å². The van der Waals surface area contributed by atoms with Crippen LogP contribution in [0.25, 0.3) is 0 Å². The Balaban J connectivity index is 1.90. The third kappa shape index (κ3) is 2.71. The van der Waals surface area contributed by atoms with Gasteiger partial charge in [0, 0.05) is 18.8 Å². The Hall–Kier alpha value is -1.53. The van der Waals surface area contributed by atoms with Gasteiger partial charge in [-0.05, 0) is 31.0 Å². The predicted octanol–water partition coefficient (Wildman–Crippen LogP) is 2.15. The normalized spacial score (nSPS) is 19.8. The Morgan fingerprint density at radius 1 is 1.53 bits per heavy atom. The second kappa shape index (κ2) is 4.81. The molecule has 1 aromatic rings. The number of benzene rings is 1. The van der Waals surface area contributed by atoms with Gasteiger partial charge in [-0.1, -0.05) is 6.07 Å². The van der Waals surface area contributed by atoms with E-state index in [9.17, 15) is 0 Å². The van der Waals surface area contributed by atoms with Crippen LogP contribution in [0.5, 0.6) is 0 Å². The van der Waals surface area contributed by atoms with Crippen LogP contribution in [0.15, 0.2) is 24.3 Å². The van der Waals surface area contributed by atoms with Crippen LogP contribution in [-0.2, 0) is 4.74 Å². The lowest BCUT2D eigenvalue weighted by molar-refractivity contribution is 0.120. The molecule has 1 saturated heterocycles. The number of rotatable bonds is 3. The molecule has 3 heteroatoms. The summed E-state index contributed by atoms with van der Waals surface area (Å²) < 4.78 is 5.50. The number of ether oxygens (including phenoxy) is 1. The van der Waals surface area contributed by atoms with E-state index >= 15 is 0 Å². The van der Waals surface area contributed by atoms with Gasteiger partial charge in [0.25, 0.3) is 0 Å². The fourth-order valence-electron chi connectivity index (χ4n) is 1.74. The first-order valence-electron chi connectivity index (χ1n) is 5.24. The van der Waals surface area contributed by atoms with Crippen molar-refractivity contribution in [2.75, 3.05) is 18.5 Å². The molecule has 15 heavy (non-hydrogen) atoms. The molecule has 1 unspecified atom stereocenters. The van der Waals surface area contributed by atoms with Gasteiger partial charge in [-0.3, -0.25) is 0 Å². The summed E-state index contributed by atoms with van der Waals surface area (Å²) in [6.07, 6.45) is 2.62. The molecular weight excluding hydrogens is 188 g/mol. The van der Waals surface area contributed by atoms with Crippen molar-refractivity contribution in [2.24, 2.45) is 0 Å². The van der Waals surface area contributed by atoms with Crippen molar-refractivity contribution < 1.29 is 4.74 Å². The first-order chi connectivity index (χ1) is 7.38. The van der Waals surface area contributed by atoms with Gasteiger partial charge >= 0.3 is 0 Å². The molecule has 0 aliphatic carbocycles. The molecule has 1 aliphatic rings. The van der Waals surface area contributed by atoms with Crippen molar-refractivity contribution in [2.45, 2.75) is 18.9 Å². The fourth-order valence-corrected chi connectivity index (χ4v) is 1.74. The zero-order valence-electron chi connectivity index (χ0n) is 8.57. The highest BCUT2D eigenvalue weighted by Crippen LogP contribution is 2.14. The van der Waals surface area contributed by atoms with E-state index in [1.165, 1.54) is 0 Å². The molecule has 0 saturated carbocycles. The zero-order valence-corrected chi connectivity index (χ0v) is 8.57. The lowest BCUT2D eigenvalue weighted by Gasteiger charge is -2.11. The average Bonchev–Trinajstić information content (AvgIpc) is 2.79. The Bertz CT molecular complexity index is 364. The van der Waals surface area contributed by atoms with E-state index in [-0.39, 0.29) is 0 Å². The van der Waals surface area contributed by atoms with Crippen molar-refractivity contribution in [1.29, 1.82) is 5.26 Å². The van der Waals surface area contributed by atoms with Crippen LogP contribution in [-0.4, -0.2) is 19.3 Å². The van der Waals surface area contributed by atoms with Crippen LogP contribution in [0.3, 0.4) is 0 Å². The Morgan fingerprint density at radius 2 is 2.47 bits per heavy atom. The molecule has 0 bridgehead atoms. The lowest BCUT2D eigenvalue weighted by Crippen LogP contribution is -2.18. The molecule has 1 atom stereocenters. The molecule has 2 rings (SSSR count). The second-order valence-electron chi connectivity index (χ2n) is 3.71. The van der Waals surface area contributed by atoms with Crippen LogP contribution >= 0.6 is 0 Å². The van der Waals surface area contributed by atoms with Crippen LogP contribution < -0.4 is 5.32 Å². The predicted molar refractivity (Wildman–Crippen MR) is 58.6 cm³/mol. The number of hydrogen-bond acceptors (Lipinski definition) is 3. The SMILES string of the molecule is N#Cc1cccc(NCC2CCCO2)c1. The summed E-state index contributed by atoms with van der Waals surface area (Å²) in [5.41, 5.74) is 1.68. The summed E-state index contributed by atoms with van der Waals surface area (Å²) in [7, 11) is 0. The number of nitrogens with one attached hydrogen (secondary N) is 1. The first-order valence-corrected chi connectivity index (χ1v) is 5.24. The largest absolute Gasteiger partial charge is 0.382 e. The number of anilines is 1. The van der Waals surface area contributed by atoms with Gasteiger partial charge in [0.2, 0.25) is 0 Å². The summed E-state index contributed by atoms with van der Waals surface area (Å²) in [5.74, 6) is 0. The van der Waals surface area contributed by atoms with Crippen LogP contribution in [0.2, 0.25) is 0 Å². The lowest BCUT2D eigenvalue weighted by atomic mass is 10.2. The molecule has 0 amide bonds. The number of hydrogen-bond donors (Lipinski definition) is 1. The zero-order chi connectivity index (χ0) is 10.5. The standard InChI is InChI=1S/C12H14N2O/c13-8-10-3-1-4-11(7-10)14-9-12-5-2-6-15-12/h1,3-4,7,12,14H,2,5-6,9H2. The van der Waals surface area contributed by atoms with E-state index in [0.29, 0.717) is 11.7 Å². The highest BCUT2D eigenvalue weighted by molar-refractivity contribution is 5.49. The van der Waals surface area contributed by atoms with Gasteiger partial charge in [0.1, 0.15) is 0 Å². The minimum absolute atomic E-state index is 0.329. The maximum Gasteiger partial charge on any atom is 0.0992 e. The van der Waals surface area contributed by atoms with Crippen molar-refractivity contribution in [3.05, 3.63) is 29.8 Å². The Labute approximate surface area is 89.7 Å². The number of nitriles is 1. The van der Waals surface area contributed by atoms with E-state index in [1.807, 2.05) is 18.2 Å². The van der Waals surface area contributed by atoms with Crippen molar-refractivity contribution >= 4 is 5.69 Å². The van der Waals surface area contributed by atoms with Gasteiger partial charge in [0.05, 0.1) is 17.7 Å². The summed E-state index contributed by atoms with van der Waals surface area (Å²) in [6.45, 7) is 1.71. The second-order valence-corrected chi connectivity index (χ2v) is 3.71. The molecule has 1 aliphatic heterocycles. The van der Waals surface area contributed by atoms with Crippen LogP contribution in [0, 0.1) is 11.3 Å². The van der Waals surface area contributed by atoms with Crippen molar-refractivity contribution in [3.63, 3.8) is 0 Å². The monoisotopic (exact) mass is 202 g/mol.